The summed E-state index contributed by atoms with van der Waals surface area (Å²) >= 11 is 3.39. The van der Waals surface area contributed by atoms with E-state index < -0.39 is 0 Å². The van der Waals surface area contributed by atoms with Crippen LogP contribution in [0, 0.1) is 5.92 Å². The van der Waals surface area contributed by atoms with Crippen LogP contribution in [-0.4, -0.2) is 41.3 Å². The molecule has 1 amide bonds. The SMILES string of the molecule is CCC(Br)C(=O)NCC1CC2CCC(C1)N2C. The van der Waals surface area contributed by atoms with Crippen molar-refractivity contribution in [3.05, 3.63) is 0 Å². The van der Waals surface area contributed by atoms with Gasteiger partial charge in [0.15, 0.2) is 0 Å². The van der Waals surface area contributed by atoms with E-state index in [1.807, 2.05) is 6.92 Å². The lowest BCUT2D eigenvalue weighted by atomic mass is 9.91. The first-order chi connectivity index (χ1) is 8.11. The van der Waals surface area contributed by atoms with Crippen molar-refractivity contribution in [3.63, 3.8) is 0 Å². The molecule has 0 aromatic heterocycles. The Balaban J connectivity index is 1.76. The number of nitrogens with one attached hydrogen (secondary N) is 1. The molecule has 0 aliphatic carbocycles. The van der Waals surface area contributed by atoms with Crippen molar-refractivity contribution < 1.29 is 4.79 Å². The largest absolute Gasteiger partial charge is 0.355 e. The van der Waals surface area contributed by atoms with E-state index in [1.54, 1.807) is 0 Å². The highest BCUT2D eigenvalue weighted by Gasteiger charge is 2.38. The molecule has 2 aliphatic rings. The lowest BCUT2D eigenvalue weighted by Gasteiger charge is -2.36. The number of halogens is 1. The Hall–Kier alpha value is -0.0900. The first-order valence-corrected chi connectivity index (χ1v) is 7.67. The normalized spacial score (nSPS) is 34.6. The van der Waals surface area contributed by atoms with Gasteiger partial charge in [0.25, 0.3) is 0 Å². The van der Waals surface area contributed by atoms with Crippen LogP contribution in [0.2, 0.25) is 0 Å². The molecule has 98 valence electrons. The molecule has 0 aromatic rings. The second-order valence-electron chi connectivity index (χ2n) is 5.51. The van der Waals surface area contributed by atoms with E-state index in [0.717, 1.165) is 25.0 Å². The molecule has 2 heterocycles. The molecule has 0 radical (unpaired) electrons. The maximum atomic E-state index is 11.7. The fourth-order valence-electron chi connectivity index (χ4n) is 3.23. The molecule has 17 heavy (non-hydrogen) atoms. The van der Waals surface area contributed by atoms with E-state index in [1.165, 1.54) is 25.7 Å². The highest BCUT2D eigenvalue weighted by atomic mass is 79.9. The molecular weight excluding hydrogens is 280 g/mol. The first kappa shape index (κ1) is 13.3. The molecule has 2 rings (SSSR count). The monoisotopic (exact) mass is 302 g/mol. The van der Waals surface area contributed by atoms with E-state index in [9.17, 15) is 4.79 Å². The highest BCUT2D eigenvalue weighted by molar-refractivity contribution is 9.10. The molecular formula is C13H23BrN2O. The lowest BCUT2D eigenvalue weighted by molar-refractivity contribution is -0.120. The van der Waals surface area contributed by atoms with E-state index in [2.05, 4.69) is 33.2 Å². The Morgan fingerprint density at radius 1 is 1.41 bits per heavy atom. The summed E-state index contributed by atoms with van der Waals surface area (Å²) in [4.78, 5) is 14.2. The summed E-state index contributed by atoms with van der Waals surface area (Å²) in [6.45, 7) is 2.89. The minimum Gasteiger partial charge on any atom is -0.355 e. The maximum absolute atomic E-state index is 11.7. The molecule has 4 heteroatoms. The lowest BCUT2D eigenvalue weighted by Crippen LogP contribution is -2.44. The zero-order valence-electron chi connectivity index (χ0n) is 10.8. The number of carbonyl (C=O) groups is 1. The number of hydrogen-bond acceptors (Lipinski definition) is 2. The Kier molecular flexibility index (Phi) is 4.47. The van der Waals surface area contributed by atoms with Crippen LogP contribution in [0.25, 0.3) is 0 Å². The third-order valence-electron chi connectivity index (χ3n) is 4.40. The van der Waals surface area contributed by atoms with E-state index in [0.29, 0.717) is 5.92 Å². The summed E-state index contributed by atoms with van der Waals surface area (Å²) in [6, 6.07) is 1.53. The number of amides is 1. The number of carbonyl (C=O) groups excluding carboxylic acids is 1. The van der Waals surface area contributed by atoms with Gasteiger partial charge in [0.05, 0.1) is 4.83 Å². The summed E-state index contributed by atoms with van der Waals surface area (Å²) in [5, 5.41) is 3.08. The second kappa shape index (κ2) is 5.70. The van der Waals surface area contributed by atoms with Gasteiger partial charge >= 0.3 is 0 Å². The van der Waals surface area contributed by atoms with Crippen LogP contribution in [0.15, 0.2) is 0 Å². The Labute approximate surface area is 112 Å². The van der Waals surface area contributed by atoms with Gasteiger partial charge in [0, 0.05) is 18.6 Å². The van der Waals surface area contributed by atoms with Crippen LogP contribution in [0.4, 0.5) is 0 Å². The predicted molar refractivity (Wildman–Crippen MR) is 73.3 cm³/mol. The van der Waals surface area contributed by atoms with Crippen molar-refractivity contribution in [1.82, 2.24) is 10.2 Å². The summed E-state index contributed by atoms with van der Waals surface area (Å²) in [5.41, 5.74) is 0. The van der Waals surface area contributed by atoms with Gasteiger partial charge in [0.2, 0.25) is 5.91 Å². The number of piperidine rings is 1. The highest BCUT2D eigenvalue weighted by Crippen LogP contribution is 2.36. The fraction of sp³-hybridized carbons (Fsp3) is 0.923. The molecule has 2 fully saturated rings. The summed E-state index contributed by atoms with van der Waals surface area (Å²) in [7, 11) is 2.25. The number of rotatable bonds is 4. The Morgan fingerprint density at radius 2 is 2.00 bits per heavy atom. The molecule has 3 unspecified atom stereocenters. The predicted octanol–water partition coefficient (Wildman–Crippen LogP) is 2.15. The molecule has 2 bridgehead atoms. The zero-order chi connectivity index (χ0) is 12.4. The quantitative estimate of drug-likeness (QED) is 0.807. The first-order valence-electron chi connectivity index (χ1n) is 6.75. The van der Waals surface area contributed by atoms with Crippen LogP contribution in [-0.2, 0) is 4.79 Å². The van der Waals surface area contributed by atoms with Crippen molar-refractivity contribution in [3.8, 4) is 0 Å². The van der Waals surface area contributed by atoms with Crippen molar-refractivity contribution in [2.45, 2.75) is 55.9 Å². The van der Waals surface area contributed by atoms with Crippen molar-refractivity contribution >= 4 is 21.8 Å². The molecule has 2 saturated heterocycles. The van der Waals surface area contributed by atoms with Gasteiger partial charge < -0.3 is 10.2 Å². The smallest absolute Gasteiger partial charge is 0.233 e. The maximum Gasteiger partial charge on any atom is 0.233 e. The fourth-order valence-corrected chi connectivity index (χ4v) is 3.39. The molecule has 2 aliphatic heterocycles. The van der Waals surface area contributed by atoms with Gasteiger partial charge in [0.1, 0.15) is 0 Å². The topological polar surface area (TPSA) is 32.3 Å². The molecule has 0 aromatic carbocycles. The van der Waals surface area contributed by atoms with Crippen LogP contribution in [0.5, 0.6) is 0 Å². The van der Waals surface area contributed by atoms with E-state index >= 15 is 0 Å². The van der Waals surface area contributed by atoms with Crippen molar-refractivity contribution in [2.75, 3.05) is 13.6 Å². The minimum atomic E-state index is -0.0227. The zero-order valence-corrected chi connectivity index (χ0v) is 12.4. The number of hydrogen-bond donors (Lipinski definition) is 1. The van der Waals surface area contributed by atoms with Gasteiger partial charge in [-0.05, 0) is 45.1 Å². The molecule has 0 saturated carbocycles. The minimum absolute atomic E-state index is 0.0227. The molecule has 1 N–H and O–H groups in total. The summed E-state index contributed by atoms with van der Waals surface area (Å²) in [6.07, 6.45) is 6.06. The number of alkyl halides is 1. The third-order valence-corrected chi connectivity index (χ3v) is 5.47. The van der Waals surface area contributed by atoms with Crippen LogP contribution in [0.3, 0.4) is 0 Å². The van der Waals surface area contributed by atoms with Crippen LogP contribution >= 0.6 is 15.9 Å². The van der Waals surface area contributed by atoms with Gasteiger partial charge in [-0.25, -0.2) is 0 Å². The van der Waals surface area contributed by atoms with Gasteiger partial charge in [-0.2, -0.15) is 0 Å². The number of fused-ring (bicyclic) bond motifs is 2. The van der Waals surface area contributed by atoms with Crippen molar-refractivity contribution in [1.29, 1.82) is 0 Å². The Morgan fingerprint density at radius 3 is 2.53 bits per heavy atom. The van der Waals surface area contributed by atoms with E-state index in [4.69, 9.17) is 0 Å². The molecule has 0 spiro atoms. The van der Waals surface area contributed by atoms with Gasteiger partial charge in [-0.1, -0.05) is 22.9 Å². The summed E-state index contributed by atoms with van der Waals surface area (Å²) in [5.74, 6) is 0.836. The summed E-state index contributed by atoms with van der Waals surface area (Å²) < 4.78 is 0. The van der Waals surface area contributed by atoms with Crippen LogP contribution < -0.4 is 5.32 Å². The van der Waals surface area contributed by atoms with Gasteiger partial charge in [-0.15, -0.1) is 0 Å². The average molecular weight is 303 g/mol. The van der Waals surface area contributed by atoms with E-state index in [-0.39, 0.29) is 10.7 Å². The standard InChI is InChI=1S/C13H23BrN2O/c1-3-12(14)13(17)15-8-9-6-10-4-5-11(7-9)16(10)2/h9-12H,3-8H2,1-2H3,(H,15,17). The average Bonchev–Trinajstić information content (AvgIpc) is 2.57. The van der Waals surface area contributed by atoms with Crippen molar-refractivity contribution in [2.24, 2.45) is 5.92 Å². The second-order valence-corrected chi connectivity index (χ2v) is 6.61. The molecule has 3 atom stereocenters. The van der Waals surface area contributed by atoms with Crippen LogP contribution in [0.1, 0.15) is 39.0 Å². The third kappa shape index (κ3) is 3.02. The van der Waals surface area contributed by atoms with Gasteiger partial charge in [-0.3, -0.25) is 4.79 Å². The Bertz CT molecular complexity index is 271. The molecule has 3 nitrogen and oxygen atoms in total. The number of nitrogens with zero attached hydrogens (tertiary/aromatic N) is 1.